The van der Waals surface area contributed by atoms with Crippen molar-refractivity contribution in [1.82, 2.24) is 14.5 Å². The second-order valence-corrected chi connectivity index (χ2v) is 12.8. The number of hydrogen-bond acceptors (Lipinski definition) is 6. The zero-order valence-corrected chi connectivity index (χ0v) is 24.5. The molecule has 41 heavy (non-hydrogen) atoms. The Labute approximate surface area is 241 Å². The molecule has 0 spiro atoms. The van der Waals surface area contributed by atoms with Crippen LogP contribution in [0.25, 0.3) is 0 Å². The van der Waals surface area contributed by atoms with Crippen LogP contribution < -0.4 is 10.1 Å². The van der Waals surface area contributed by atoms with Crippen LogP contribution >= 0.6 is 0 Å². The molecule has 3 amide bonds. The first-order chi connectivity index (χ1) is 19.4. The molecule has 0 saturated heterocycles. The minimum Gasteiger partial charge on any atom is -0.497 e. The Bertz CT molecular complexity index is 1530. The fraction of sp³-hybridized carbons (Fsp3) is 0.323. The molecule has 1 aliphatic rings. The van der Waals surface area contributed by atoms with Crippen LogP contribution in [0.2, 0.25) is 0 Å². The number of amides is 3. The van der Waals surface area contributed by atoms with Crippen LogP contribution in [0, 0.1) is 0 Å². The van der Waals surface area contributed by atoms with Crippen LogP contribution in [0.4, 0.5) is 0 Å². The van der Waals surface area contributed by atoms with Crippen molar-refractivity contribution in [3.05, 3.63) is 95.6 Å². The summed E-state index contributed by atoms with van der Waals surface area (Å²) in [6.45, 7) is 5.31. The van der Waals surface area contributed by atoms with Gasteiger partial charge in [-0.25, -0.2) is 12.7 Å². The smallest absolute Gasteiger partial charge is 0.269 e. The molecule has 1 atom stereocenters. The predicted octanol–water partition coefficient (Wildman–Crippen LogP) is 3.78. The molecule has 10 heteroatoms. The molecule has 4 rings (SSSR count). The summed E-state index contributed by atoms with van der Waals surface area (Å²) in [5.41, 5.74) is 1.12. The molecule has 0 aliphatic carbocycles. The third-order valence-electron chi connectivity index (χ3n) is 6.70. The largest absolute Gasteiger partial charge is 0.497 e. The summed E-state index contributed by atoms with van der Waals surface area (Å²) in [6.07, 6.45) is -0.0537. The number of benzene rings is 3. The number of carbonyl (C=O) groups is 3. The van der Waals surface area contributed by atoms with Gasteiger partial charge < -0.3 is 15.0 Å². The zero-order valence-electron chi connectivity index (χ0n) is 23.7. The van der Waals surface area contributed by atoms with Gasteiger partial charge in [0.05, 0.1) is 12.7 Å². The molecule has 0 unspecified atom stereocenters. The molecule has 1 N–H and O–H groups in total. The molecule has 0 fully saturated rings. The van der Waals surface area contributed by atoms with Crippen LogP contribution in [-0.2, 0) is 32.6 Å². The van der Waals surface area contributed by atoms with Crippen molar-refractivity contribution in [2.24, 2.45) is 0 Å². The molecule has 1 heterocycles. The van der Waals surface area contributed by atoms with Gasteiger partial charge in [-0.3, -0.25) is 14.4 Å². The average Bonchev–Trinajstić information content (AvgIpc) is 3.13. The molecule has 0 aromatic heterocycles. The number of methoxy groups -OCH3 is 1. The number of nitrogens with one attached hydrogen (secondary N) is 1. The van der Waals surface area contributed by atoms with E-state index in [0.29, 0.717) is 5.75 Å². The van der Waals surface area contributed by atoms with Gasteiger partial charge >= 0.3 is 0 Å². The molecule has 9 nitrogen and oxygen atoms in total. The highest BCUT2D eigenvalue weighted by molar-refractivity contribution is 7.90. The lowest BCUT2D eigenvalue weighted by atomic mass is 10.0. The Morgan fingerprint density at radius 1 is 0.951 bits per heavy atom. The van der Waals surface area contributed by atoms with E-state index in [1.807, 2.05) is 57.2 Å². The lowest BCUT2D eigenvalue weighted by Crippen LogP contribution is -2.54. The summed E-state index contributed by atoms with van der Waals surface area (Å²) in [5, 5.41) is 2.99. The van der Waals surface area contributed by atoms with E-state index in [0.717, 1.165) is 15.4 Å². The maximum absolute atomic E-state index is 13.9. The minimum atomic E-state index is -4.08. The predicted molar refractivity (Wildman–Crippen MR) is 155 cm³/mol. The Morgan fingerprint density at radius 2 is 1.61 bits per heavy atom. The van der Waals surface area contributed by atoms with E-state index in [2.05, 4.69) is 5.32 Å². The van der Waals surface area contributed by atoms with Gasteiger partial charge in [-0.05, 0) is 56.2 Å². The Balaban J connectivity index is 1.66. The number of rotatable bonds is 10. The molecular formula is C31H35N3O6S. The zero-order chi connectivity index (χ0) is 29.8. The summed E-state index contributed by atoms with van der Waals surface area (Å²) in [5.74, 6) is -0.870. The van der Waals surface area contributed by atoms with E-state index >= 15 is 0 Å². The van der Waals surface area contributed by atoms with Gasteiger partial charge in [-0.2, -0.15) is 0 Å². The minimum absolute atomic E-state index is 0.0720. The highest BCUT2D eigenvalue weighted by Crippen LogP contribution is 2.30. The van der Waals surface area contributed by atoms with E-state index in [-0.39, 0.29) is 42.3 Å². The first-order valence-electron chi connectivity index (χ1n) is 13.3. The third kappa shape index (κ3) is 6.94. The van der Waals surface area contributed by atoms with E-state index in [4.69, 9.17) is 4.74 Å². The van der Waals surface area contributed by atoms with E-state index in [1.54, 1.807) is 37.4 Å². The molecule has 3 aromatic carbocycles. The van der Waals surface area contributed by atoms with Gasteiger partial charge in [-0.15, -0.1) is 0 Å². The van der Waals surface area contributed by atoms with Crippen molar-refractivity contribution in [2.45, 2.75) is 56.6 Å². The van der Waals surface area contributed by atoms with Gasteiger partial charge in [-0.1, -0.05) is 54.6 Å². The second-order valence-electron chi connectivity index (χ2n) is 10.9. The van der Waals surface area contributed by atoms with Crippen molar-refractivity contribution in [3.8, 4) is 5.75 Å². The molecule has 1 aliphatic heterocycles. The lowest BCUT2D eigenvalue weighted by Gasteiger charge is -2.34. The SMILES string of the molecule is COc1cccc(CN(C(=O)CCN2C(=O)c3ccccc3S2(=O)=O)[C@H](Cc2ccccc2)C(=O)NC(C)(C)C)c1. The standard InChI is InChI=1S/C31H35N3O6S/c1-31(2,3)32-29(36)26(20-22-11-6-5-7-12-22)33(21-23-13-10-14-24(19-23)40-4)28(35)17-18-34-30(37)25-15-8-9-16-27(25)41(34,38)39/h5-16,19,26H,17-18,20-21H2,1-4H3,(H,32,36)/t26-/m1/s1. The molecule has 0 bridgehead atoms. The number of carbonyl (C=O) groups excluding carboxylic acids is 3. The third-order valence-corrected chi connectivity index (χ3v) is 8.54. The van der Waals surface area contributed by atoms with Gasteiger partial charge in [0.15, 0.2) is 0 Å². The van der Waals surface area contributed by atoms with Crippen LogP contribution in [0.5, 0.6) is 5.75 Å². The molecular weight excluding hydrogens is 542 g/mol. The Kier molecular flexibility index (Phi) is 8.82. The number of nitrogens with zero attached hydrogens (tertiary/aromatic N) is 2. The van der Waals surface area contributed by atoms with Crippen molar-refractivity contribution in [3.63, 3.8) is 0 Å². The monoisotopic (exact) mass is 577 g/mol. The van der Waals surface area contributed by atoms with E-state index in [1.165, 1.54) is 17.0 Å². The normalized spacial score (nSPS) is 14.7. The van der Waals surface area contributed by atoms with E-state index in [9.17, 15) is 22.8 Å². The fourth-order valence-electron chi connectivity index (χ4n) is 4.77. The van der Waals surface area contributed by atoms with Crippen LogP contribution in [0.3, 0.4) is 0 Å². The molecule has 216 valence electrons. The van der Waals surface area contributed by atoms with Gasteiger partial charge in [0, 0.05) is 31.5 Å². The van der Waals surface area contributed by atoms with Crippen molar-refractivity contribution >= 4 is 27.7 Å². The molecule has 3 aromatic rings. The van der Waals surface area contributed by atoms with Crippen LogP contribution in [-0.4, -0.2) is 60.6 Å². The fourth-order valence-corrected chi connectivity index (χ4v) is 6.34. The van der Waals surface area contributed by atoms with Gasteiger partial charge in [0.2, 0.25) is 11.8 Å². The van der Waals surface area contributed by atoms with Gasteiger partial charge in [0.25, 0.3) is 15.9 Å². The summed E-state index contributed by atoms with van der Waals surface area (Å²) < 4.78 is 32.3. The summed E-state index contributed by atoms with van der Waals surface area (Å²) >= 11 is 0. The van der Waals surface area contributed by atoms with Crippen LogP contribution in [0.15, 0.2) is 83.8 Å². The maximum atomic E-state index is 13.9. The quantitative estimate of drug-likeness (QED) is 0.392. The van der Waals surface area contributed by atoms with Gasteiger partial charge in [0.1, 0.15) is 16.7 Å². The topological polar surface area (TPSA) is 113 Å². The Hall–Kier alpha value is -4.18. The summed E-state index contributed by atoms with van der Waals surface area (Å²) in [6, 6.07) is 21.7. The number of ether oxygens (including phenoxy) is 1. The van der Waals surface area contributed by atoms with E-state index < -0.39 is 33.4 Å². The number of sulfonamides is 1. The average molecular weight is 578 g/mol. The summed E-state index contributed by atoms with van der Waals surface area (Å²) in [4.78, 5) is 42.0. The second kappa shape index (κ2) is 12.1. The maximum Gasteiger partial charge on any atom is 0.269 e. The first-order valence-corrected chi connectivity index (χ1v) is 14.8. The van der Waals surface area contributed by atoms with Crippen molar-refractivity contribution in [1.29, 1.82) is 0 Å². The number of hydrogen-bond donors (Lipinski definition) is 1. The first kappa shape index (κ1) is 29.8. The highest BCUT2D eigenvalue weighted by atomic mass is 32.2. The number of fused-ring (bicyclic) bond motifs is 1. The van der Waals surface area contributed by atoms with Crippen molar-refractivity contribution in [2.75, 3.05) is 13.7 Å². The summed E-state index contributed by atoms with van der Waals surface area (Å²) in [7, 11) is -2.53. The Morgan fingerprint density at radius 3 is 2.27 bits per heavy atom. The highest BCUT2D eigenvalue weighted by Gasteiger charge is 2.41. The van der Waals surface area contributed by atoms with Crippen molar-refractivity contribution < 1.29 is 27.5 Å². The lowest BCUT2D eigenvalue weighted by molar-refractivity contribution is -0.142. The molecule has 0 radical (unpaired) electrons. The van der Waals surface area contributed by atoms with Crippen LogP contribution in [0.1, 0.15) is 48.7 Å². The molecule has 0 saturated carbocycles.